The minimum Gasteiger partial charge on any atom is -0.484 e. The first kappa shape index (κ1) is 16.9. The maximum Gasteiger partial charge on any atom is 0.255 e. The number of aromatic nitrogens is 1. The zero-order chi connectivity index (χ0) is 18.6. The first-order chi connectivity index (χ1) is 13.2. The van der Waals surface area contributed by atoms with Gasteiger partial charge in [0, 0.05) is 13.0 Å². The second kappa shape index (κ2) is 7.34. The van der Waals surface area contributed by atoms with E-state index in [-0.39, 0.29) is 12.5 Å². The number of carbonyl (C=O) groups is 1. The van der Waals surface area contributed by atoms with Gasteiger partial charge in [0.25, 0.3) is 5.91 Å². The van der Waals surface area contributed by atoms with E-state index in [4.69, 9.17) is 9.15 Å². The van der Waals surface area contributed by atoms with Crippen LogP contribution in [0.4, 0.5) is 0 Å². The van der Waals surface area contributed by atoms with Crippen LogP contribution in [0.15, 0.2) is 59.0 Å². The fraction of sp³-hybridized carbons (Fsp3) is 0.190. The molecule has 3 aromatic rings. The van der Waals surface area contributed by atoms with Crippen molar-refractivity contribution in [3.8, 4) is 11.8 Å². The molecule has 0 atom stereocenters. The van der Waals surface area contributed by atoms with Crippen molar-refractivity contribution in [1.82, 2.24) is 9.88 Å². The number of nitrogens with zero attached hydrogens (tertiary/aromatic N) is 3. The average Bonchev–Trinajstić information content (AvgIpc) is 3.14. The van der Waals surface area contributed by atoms with E-state index in [2.05, 4.69) is 11.1 Å². The number of rotatable bonds is 4. The Morgan fingerprint density at radius 3 is 2.78 bits per heavy atom. The molecule has 134 valence electrons. The predicted octanol–water partition coefficient (Wildman–Crippen LogP) is 3.32. The molecule has 0 unspecified atom stereocenters. The zero-order valence-corrected chi connectivity index (χ0v) is 14.6. The van der Waals surface area contributed by atoms with Crippen LogP contribution in [-0.4, -0.2) is 22.3 Å². The summed E-state index contributed by atoms with van der Waals surface area (Å²) in [5.41, 5.74) is 1.65. The second-order valence-electron chi connectivity index (χ2n) is 6.21. The SMILES string of the molecule is N#Cc1ccccc1C(=O)N1CCc2nc(COc3ccccc3)oc2C1. The number of hydrogen-bond acceptors (Lipinski definition) is 5. The van der Waals surface area contributed by atoms with Crippen LogP contribution < -0.4 is 4.74 Å². The number of ether oxygens (including phenoxy) is 1. The molecule has 0 N–H and O–H groups in total. The first-order valence-corrected chi connectivity index (χ1v) is 8.68. The fourth-order valence-electron chi connectivity index (χ4n) is 3.08. The van der Waals surface area contributed by atoms with Crippen molar-refractivity contribution in [2.45, 2.75) is 19.6 Å². The number of oxazole rings is 1. The number of fused-ring (bicyclic) bond motifs is 1. The van der Waals surface area contributed by atoms with Gasteiger partial charge < -0.3 is 14.1 Å². The molecule has 0 aliphatic carbocycles. The molecule has 1 amide bonds. The lowest BCUT2D eigenvalue weighted by molar-refractivity contribution is 0.0718. The van der Waals surface area contributed by atoms with Gasteiger partial charge in [0.15, 0.2) is 6.61 Å². The highest BCUT2D eigenvalue weighted by Gasteiger charge is 2.27. The predicted molar refractivity (Wildman–Crippen MR) is 96.9 cm³/mol. The third-order valence-electron chi connectivity index (χ3n) is 4.45. The molecule has 27 heavy (non-hydrogen) atoms. The Kier molecular flexibility index (Phi) is 4.58. The summed E-state index contributed by atoms with van der Waals surface area (Å²) >= 11 is 0. The van der Waals surface area contributed by atoms with Crippen LogP contribution in [0.25, 0.3) is 0 Å². The van der Waals surface area contributed by atoms with Crippen molar-refractivity contribution in [2.24, 2.45) is 0 Å². The number of hydrogen-bond donors (Lipinski definition) is 0. The van der Waals surface area contributed by atoms with Gasteiger partial charge in [-0.2, -0.15) is 5.26 Å². The van der Waals surface area contributed by atoms with Gasteiger partial charge in [-0.15, -0.1) is 0 Å². The second-order valence-corrected chi connectivity index (χ2v) is 6.21. The average molecular weight is 359 g/mol. The van der Waals surface area contributed by atoms with Crippen LogP contribution in [0, 0.1) is 11.3 Å². The van der Waals surface area contributed by atoms with Crippen LogP contribution in [0.5, 0.6) is 5.75 Å². The van der Waals surface area contributed by atoms with E-state index < -0.39 is 0 Å². The molecular weight excluding hydrogens is 342 g/mol. The van der Waals surface area contributed by atoms with Gasteiger partial charge in [0.1, 0.15) is 11.5 Å². The summed E-state index contributed by atoms with van der Waals surface area (Å²) in [6, 6.07) is 18.4. The topological polar surface area (TPSA) is 79.4 Å². The van der Waals surface area contributed by atoms with Crippen LogP contribution in [0.2, 0.25) is 0 Å². The van der Waals surface area contributed by atoms with Crippen molar-refractivity contribution < 1.29 is 13.9 Å². The lowest BCUT2D eigenvalue weighted by Gasteiger charge is -2.25. The van der Waals surface area contributed by atoms with E-state index in [0.29, 0.717) is 42.3 Å². The Balaban J connectivity index is 1.46. The fourth-order valence-corrected chi connectivity index (χ4v) is 3.08. The molecule has 1 aromatic heterocycles. The molecule has 2 aromatic carbocycles. The molecule has 0 saturated carbocycles. The maximum absolute atomic E-state index is 12.8. The lowest BCUT2D eigenvalue weighted by atomic mass is 10.1. The summed E-state index contributed by atoms with van der Waals surface area (Å²) in [6.45, 7) is 1.12. The normalized spacial score (nSPS) is 12.9. The molecule has 0 fully saturated rings. The van der Waals surface area contributed by atoms with Gasteiger partial charge in [-0.25, -0.2) is 4.98 Å². The molecule has 6 heteroatoms. The van der Waals surface area contributed by atoms with Crippen molar-refractivity contribution in [3.63, 3.8) is 0 Å². The smallest absolute Gasteiger partial charge is 0.255 e. The highest BCUT2D eigenvalue weighted by Crippen LogP contribution is 2.23. The molecule has 0 spiro atoms. The van der Waals surface area contributed by atoms with Crippen molar-refractivity contribution in [2.75, 3.05) is 6.54 Å². The molecule has 1 aliphatic heterocycles. The molecule has 0 bridgehead atoms. The molecule has 0 saturated heterocycles. The Bertz CT molecular complexity index is 1010. The van der Waals surface area contributed by atoms with Gasteiger partial charge >= 0.3 is 0 Å². The third kappa shape index (κ3) is 3.53. The van der Waals surface area contributed by atoms with E-state index in [0.717, 1.165) is 11.4 Å². The van der Waals surface area contributed by atoms with Crippen LogP contribution in [0.3, 0.4) is 0 Å². The maximum atomic E-state index is 12.8. The zero-order valence-electron chi connectivity index (χ0n) is 14.6. The number of para-hydroxylation sites is 1. The van der Waals surface area contributed by atoms with Crippen LogP contribution in [0.1, 0.15) is 33.3 Å². The molecule has 4 rings (SSSR count). The van der Waals surface area contributed by atoms with E-state index in [1.165, 1.54) is 0 Å². The monoisotopic (exact) mass is 359 g/mol. The number of benzene rings is 2. The third-order valence-corrected chi connectivity index (χ3v) is 4.45. The Hall–Kier alpha value is -3.59. The number of nitriles is 1. The molecular formula is C21H17N3O3. The van der Waals surface area contributed by atoms with Crippen LogP contribution >= 0.6 is 0 Å². The standard InChI is InChI=1S/C21H17N3O3/c22-12-15-6-4-5-9-17(15)21(25)24-11-10-18-19(13-24)27-20(23-18)14-26-16-7-2-1-3-8-16/h1-9H,10-11,13-14H2. The van der Waals surface area contributed by atoms with Gasteiger partial charge in [-0.3, -0.25) is 4.79 Å². The Morgan fingerprint density at radius 1 is 1.19 bits per heavy atom. The summed E-state index contributed by atoms with van der Waals surface area (Å²) < 4.78 is 11.5. The number of carbonyl (C=O) groups excluding carboxylic acids is 1. The van der Waals surface area contributed by atoms with Gasteiger partial charge in [-0.1, -0.05) is 30.3 Å². The molecule has 0 radical (unpaired) electrons. The van der Waals surface area contributed by atoms with Crippen molar-refractivity contribution >= 4 is 5.91 Å². The largest absolute Gasteiger partial charge is 0.484 e. The van der Waals surface area contributed by atoms with Gasteiger partial charge in [0.05, 0.1) is 29.4 Å². The summed E-state index contributed by atoms with van der Waals surface area (Å²) in [7, 11) is 0. The quantitative estimate of drug-likeness (QED) is 0.714. The van der Waals surface area contributed by atoms with Crippen LogP contribution in [-0.2, 0) is 19.6 Å². The summed E-state index contributed by atoms with van der Waals surface area (Å²) in [5, 5.41) is 9.22. The number of amides is 1. The van der Waals surface area contributed by atoms with Crippen molar-refractivity contribution in [3.05, 3.63) is 83.1 Å². The van der Waals surface area contributed by atoms with E-state index >= 15 is 0 Å². The Morgan fingerprint density at radius 2 is 1.96 bits per heavy atom. The summed E-state index contributed by atoms with van der Waals surface area (Å²) in [6.07, 6.45) is 0.616. The van der Waals surface area contributed by atoms with Gasteiger partial charge in [-0.05, 0) is 24.3 Å². The summed E-state index contributed by atoms with van der Waals surface area (Å²) in [5.74, 6) is 1.75. The molecule has 6 nitrogen and oxygen atoms in total. The lowest BCUT2D eigenvalue weighted by Crippen LogP contribution is -2.36. The Labute approximate surface area is 156 Å². The highest BCUT2D eigenvalue weighted by atomic mass is 16.5. The minimum absolute atomic E-state index is 0.170. The van der Waals surface area contributed by atoms with E-state index in [9.17, 15) is 10.1 Å². The minimum atomic E-state index is -0.170. The van der Waals surface area contributed by atoms with Crippen molar-refractivity contribution in [1.29, 1.82) is 5.26 Å². The molecule has 2 heterocycles. The highest BCUT2D eigenvalue weighted by molar-refractivity contribution is 5.96. The first-order valence-electron chi connectivity index (χ1n) is 8.68. The van der Waals surface area contributed by atoms with Gasteiger partial charge in [0.2, 0.25) is 5.89 Å². The molecule has 1 aliphatic rings. The van der Waals surface area contributed by atoms with E-state index in [1.807, 2.05) is 30.3 Å². The summed E-state index contributed by atoms with van der Waals surface area (Å²) in [4.78, 5) is 19.0. The van der Waals surface area contributed by atoms with E-state index in [1.54, 1.807) is 29.2 Å².